The van der Waals surface area contributed by atoms with E-state index in [9.17, 15) is 5.11 Å². The van der Waals surface area contributed by atoms with Crippen LogP contribution in [-0.2, 0) is 16.2 Å². The average Bonchev–Trinajstić information content (AvgIpc) is 3.00. The lowest BCUT2D eigenvalue weighted by Gasteiger charge is -2.09. The maximum absolute atomic E-state index is 10.1. The van der Waals surface area contributed by atoms with Gasteiger partial charge in [0.2, 0.25) is 0 Å². The van der Waals surface area contributed by atoms with Crippen molar-refractivity contribution in [2.45, 2.75) is 18.9 Å². The van der Waals surface area contributed by atoms with Crippen LogP contribution in [0.4, 0.5) is 0 Å². The normalized spacial score (nSPS) is 16.6. The summed E-state index contributed by atoms with van der Waals surface area (Å²) in [6.07, 6.45) is 4.42. The highest BCUT2D eigenvalue weighted by molar-refractivity contribution is 5.83. The number of hydrogen-bond donors (Lipinski definition) is 2. The van der Waals surface area contributed by atoms with Gasteiger partial charge in [-0.1, -0.05) is 18.2 Å². The zero-order chi connectivity index (χ0) is 12.4. The van der Waals surface area contributed by atoms with Crippen molar-refractivity contribution >= 4 is 10.9 Å². The van der Waals surface area contributed by atoms with Gasteiger partial charge in [0, 0.05) is 29.9 Å². The highest BCUT2D eigenvalue weighted by Gasteiger charge is 2.15. The molecule has 1 aromatic carbocycles. The van der Waals surface area contributed by atoms with E-state index in [2.05, 4.69) is 11.1 Å². The van der Waals surface area contributed by atoms with E-state index in [0.29, 0.717) is 25.2 Å². The second-order valence-electron chi connectivity index (χ2n) is 4.46. The van der Waals surface area contributed by atoms with Gasteiger partial charge in [-0.25, -0.2) is 0 Å². The minimum atomic E-state index is -0.461. The fraction of sp³-hybridized carbons (Fsp3) is 0.286. The molecule has 4 nitrogen and oxygen atoms in total. The molecule has 1 aliphatic rings. The van der Waals surface area contributed by atoms with Gasteiger partial charge in [-0.15, -0.1) is 0 Å². The van der Waals surface area contributed by atoms with E-state index in [1.165, 1.54) is 0 Å². The van der Waals surface area contributed by atoms with Crippen molar-refractivity contribution in [2.24, 2.45) is 0 Å². The van der Waals surface area contributed by atoms with E-state index in [4.69, 9.17) is 9.78 Å². The first-order valence-corrected chi connectivity index (χ1v) is 6.04. The van der Waals surface area contributed by atoms with Crippen molar-refractivity contribution in [2.75, 3.05) is 6.61 Å². The van der Waals surface area contributed by atoms with E-state index in [-0.39, 0.29) is 0 Å². The van der Waals surface area contributed by atoms with Crippen LogP contribution in [0.2, 0.25) is 0 Å². The molecule has 1 aliphatic heterocycles. The smallest absolute Gasteiger partial charge is 0.143 e. The number of hydrogen-bond acceptors (Lipinski definition) is 3. The lowest BCUT2D eigenvalue weighted by Crippen LogP contribution is -2.11. The molecule has 0 spiro atoms. The van der Waals surface area contributed by atoms with E-state index in [1.807, 2.05) is 30.5 Å². The Kier molecular flexibility index (Phi) is 3.04. The summed E-state index contributed by atoms with van der Waals surface area (Å²) in [6, 6.07) is 8.08. The van der Waals surface area contributed by atoms with Crippen LogP contribution >= 0.6 is 0 Å². The lowest BCUT2D eigenvalue weighted by atomic mass is 10.0. The number of H-pyrrole nitrogens is 1. The van der Waals surface area contributed by atoms with Crippen LogP contribution in [0.5, 0.6) is 0 Å². The third-order valence-corrected chi connectivity index (χ3v) is 3.11. The van der Waals surface area contributed by atoms with Crippen molar-refractivity contribution < 1.29 is 14.9 Å². The standard InChI is InChI=1S/C14H15NO3/c16-11(8-12-5-6-17-18-12)7-10-9-15-14-4-2-1-3-13(10)14/h1-5,9,11,15-16H,6-8H2. The molecule has 3 rings (SSSR count). The zero-order valence-corrected chi connectivity index (χ0v) is 9.93. The highest BCUT2D eigenvalue weighted by Crippen LogP contribution is 2.21. The summed E-state index contributed by atoms with van der Waals surface area (Å²) >= 11 is 0. The minimum absolute atomic E-state index is 0.461. The fourth-order valence-electron chi connectivity index (χ4n) is 2.25. The first-order chi connectivity index (χ1) is 8.83. The van der Waals surface area contributed by atoms with E-state index >= 15 is 0 Å². The van der Waals surface area contributed by atoms with Gasteiger partial charge < -0.3 is 15.0 Å². The van der Waals surface area contributed by atoms with E-state index in [1.54, 1.807) is 0 Å². The largest absolute Gasteiger partial charge is 0.392 e. The number of aliphatic hydroxyl groups is 1. The van der Waals surface area contributed by atoms with Gasteiger partial charge in [0.25, 0.3) is 0 Å². The molecular weight excluding hydrogens is 230 g/mol. The van der Waals surface area contributed by atoms with Gasteiger partial charge in [-0.3, -0.25) is 0 Å². The highest BCUT2D eigenvalue weighted by atomic mass is 17.2. The maximum atomic E-state index is 10.1. The molecule has 1 atom stereocenters. The van der Waals surface area contributed by atoms with Crippen LogP contribution in [-0.4, -0.2) is 22.8 Å². The Bertz CT molecular complexity index is 573. The van der Waals surface area contributed by atoms with Crippen LogP contribution in [0.25, 0.3) is 10.9 Å². The van der Waals surface area contributed by atoms with Gasteiger partial charge in [-0.05, 0) is 17.7 Å². The van der Waals surface area contributed by atoms with Crippen LogP contribution in [0.15, 0.2) is 42.3 Å². The molecule has 2 aromatic rings. The van der Waals surface area contributed by atoms with Crippen LogP contribution in [0, 0.1) is 0 Å². The molecule has 0 saturated heterocycles. The number of aliphatic hydroxyl groups excluding tert-OH is 1. The number of nitrogens with one attached hydrogen (secondary N) is 1. The summed E-state index contributed by atoms with van der Waals surface area (Å²) in [7, 11) is 0. The topological polar surface area (TPSA) is 54.5 Å². The number of aromatic amines is 1. The molecule has 2 heterocycles. The number of benzene rings is 1. The van der Waals surface area contributed by atoms with Crippen molar-refractivity contribution in [1.82, 2.24) is 4.98 Å². The Morgan fingerprint density at radius 2 is 2.17 bits per heavy atom. The van der Waals surface area contributed by atoms with E-state index in [0.717, 1.165) is 16.5 Å². The van der Waals surface area contributed by atoms with Gasteiger partial charge >= 0.3 is 0 Å². The second kappa shape index (κ2) is 4.84. The maximum Gasteiger partial charge on any atom is 0.143 e. The van der Waals surface area contributed by atoms with Gasteiger partial charge in [0.05, 0.1) is 6.10 Å². The minimum Gasteiger partial charge on any atom is -0.392 e. The molecule has 1 aromatic heterocycles. The second-order valence-corrected chi connectivity index (χ2v) is 4.46. The van der Waals surface area contributed by atoms with Crippen LogP contribution in [0.3, 0.4) is 0 Å². The summed E-state index contributed by atoms with van der Waals surface area (Å²) in [5, 5.41) is 11.2. The molecule has 0 bridgehead atoms. The Hall–Kier alpha value is -1.78. The molecule has 2 N–H and O–H groups in total. The monoisotopic (exact) mass is 245 g/mol. The predicted molar refractivity (Wildman–Crippen MR) is 67.7 cm³/mol. The van der Waals surface area contributed by atoms with Crippen molar-refractivity contribution in [1.29, 1.82) is 0 Å². The SMILES string of the molecule is OC(CC1=CCOO1)Cc1c[nH]c2ccccc12. The Labute approximate surface area is 105 Å². The van der Waals surface area contributed by atoms with Gasteiger partial charge in [0.1, 0.15) is 12.4 Å². The van der Waals surface area contributed by atoms with Crippen LogP contribution < -0.4 is 0 Å². The fourth-order valence-corrected chi connectivity index (χ4v) is 2.25. The molecule has 0 fully saturated rings. The summed E-state index contributed by atoms with van der Waals surface area (Å²) in [6.45, 7) is 0.467. The predicted octanol–water partition coefficient (Wildman–Crippen LogP) is 2.31. The van der Waals surface area contributed by atoms with Gasteiger partial charge in [0.15, 0.2) is 0 Å². The summed E-state index contributed by atoms with van der Waals surface area (Å²) in [5.74, 6) is 0.711. The molecule has 18 heavy (non-hydrogen) atoms. The number of para-hydroxylation sites is 1. The molecule has 1 unspecified atom stereocenters. The molecule has 0 amide bonds. The molecular formula is C14H15NO3. The van der Waals surface area contributed by atoms with Gasteiger partial charge in [-0.2, -0.15) is 4.89 Å². The number of aromatic nitrogens is 1. The zero-order valence-electron chi connectivity index (χ0n) is 9.93. The van der Waals surface area contributed by atoms with Crippen LogP contribution in [0.1, 0.15) is 12.0 Å². The van der Waals surface area contributed by atoms with Crippen molar-refractivity contribution in [3.63, 3.8) is 0 Å². The quantitative estimate of drug-likeness (QED) is 0.813. The van der Waals surface area contributed by atoms with E-state index < -0.39 is 6.10 Å². The van der Waals surface area contributed by atoms with Crippen molar-refractivity contribution in [3.05, 3.63) is 47.9 Å². The Morgan fingerprint density at radius 1 is 1.28 bits per heavy atom. The summed E-state index contributed by atoms with van der Waals surface area (Å²) in [5.41, 5.74) is 2.22. The lowest BCUT2D eigenvalue weighted by molar-refractivity contribution is -0.237. The van der Waals surface area contributed by atoms with Crippen molar-refractivity contribution in [3.8, 4) is 0 Å². The summed E-state index contributed by atoms with van der Waals surface area (Å²) in [4.78, 5) is 12.9. The third kappa shape index (κ3) is 2.25. The third-order valence-electron chi connectivity index (χ3n) is 3.11. The molecule has 94 valence electrons. The summed E-state index contributed by atoms with van der Waals surface area (Å²) < 4.78 is 0. The number of rotatable bonds is 4. The Balaban J connectivity index is 1.71. The molecule has 0 radical (unpaired) electrons. The Morgan fingerprint density at radius 3 is 3.00 bits per heavy atom. The first-order valence-electron chi connectivity index (χ1n) is 6.04. The average molecular weight is 245 g/mol. The first kappa shape index (κ1) is 11.3. The molecule has 4 heteroatoms. The molecule has 0 aliphatic carbocycles. The molecule has 0 saturated carbocycles. The number of fused-ring (bicyclic) bond motifs is 1.